The van der Waals surface area contributed by atoms with Gasteiger partial charge in [0, 0.05) is 43.3 Å². The standard InChI is InChI=1S/C39H46N8O3/c1-45-19-21-46(22-20-45)30-13-15-31(16-14-30)47-39-35(38(40)41-25-42-39)37(44-47)28-11-9-27(10-12-28)36(26-7-5-4-6-8-26)43-34(48)24-29-23-32(49-2)17-18-33(29)50-3/h4-12,17-18,23,25,30-31,36H,13-16,19-22,24H2,1-3H3,(H,43,48)(H2,40,41,42). The maximum absolute atomic E-state index is 13.5. The van der Waals surface area contributed by atoms with Crippen molar-refractivity contribution < 1.29 is 14.3 Å². The number of rotatable bonds is 10. The number of carbonyl (C=O) groups excluding carboxylic acids is 1. The van der Waals surface area contributed by atoms with Gasteiger partial charge >= 0.3 is 0 Å². The summed E-state index contributed by atoms with van der Waals surface area (Å²) < 4.78 is 13.0. The molecule has 50 heavy (non-hydrogen) atoms. The van der Waals surface area contributed by atoms with Crippen molar-refractivity contribution in [2.45, 2.75) is 50.2 Å². The van der Waals surface area contributed by atoms with Gasteiger partial charge in [-0.15, -0.1) is 0 Å². The Kier molecular flexibility index (Phi) is 9.95. The van der Waals surface area contributed by atoms with Crippen molar-refractivity contribution in [1.29, 1.82) is 0 Å². The van der Waals surface area contributed by atoms with Gasteiger partial charge in [-0.25, -0.2) is 14.6 Å². The largest absolute Gasteiger partial charge is 0.497 e. The Morgan fingerprint density at radius 3 is 2.28 bits per heavy atom. The smallest absolute Gasteiger partial charge is 0.225 e. The summed E-state index contributed by atoms with van der Waals surface area (Å²) in [6.07, 6.45) is 6.08. The molecule has 1 amide bonds. The molecule has 1 atom stereocenters. The summed E-state index contributed by atoms with van der Waals surface area (Å²) in [7, 11) is 5.41. The van der Waals surface area contributed by atoms with Gasteiger partial charge in [0.2, 0.25) is 5.91 Å². The van der Waals surface area contributed by atoms with Crippen LogP contribution in [0.5, 0.6) is 11.5 Å². The average molecular weight is 675 g/mol. The van der Waals surface area contributed by atoms with Crippen molar-refractivity contribution in [3.05, 3.63) is 95.8 Å². The molecule has 1 saturated carbocycles. The molecule has 1 unspecified atom stereocenters. The van der Waals surface area contributed by atoms with Gasteiger partial charge in [-0.05, 0) is 62.1 Å². The second-order valence-corrected chi connectivity index (χ2v) is 13.4. The number of nitrogens with one attached hydrogen (secondary N) is 1. The van der Waals surface area contributed by atoms with Crippen LogP contribution in [0.2, 0.25) is 0 Å². The number of methoxy groups -OCH3 is 2. The number of ether oxygens (including phenoxy) is 2. The summed E-state index contributed by atoms with van der Waals surface area (Å²) in [5.41, 5.74) is 11.6. The van der Waals surface area contributed by atoms with Crippen molar-refractivity contribution in [2.75, 3.05) is 53.2 Å². The molecule has 1 aliphatic heterocycles. The number of piperazine rings is 1. The molecule has 7 rings (SSSR count). The Labute approximate surface area is 293 Å². The molecule has 3 N–H and O–H groups in total. The van der Waals surface area contributed by atoms with E-state index in [1.165, 1.54) is 6.33 Å². The highest BCUT2D eigenvalue weighted by Gasteiger charge is 2.31. The Morgan fingerprint density at radius 2 is 1.58 bits per heavy atom. The number of benzene rings is 3. The van der Waals surface area contributed by atoms with Crippen molar-refractivity contribution in [2.24, 2.45) is 0 Å². The SMILES string of the molecule is COc1ccc(OC)c(CC(=O)NC(c2ccccc2)c2ccc(-c3nn(C4CCC(N5CCN(C)CC5)CC4)c4ncnc(N)c34)cc2)c1. The molecule has 3 heterocycles. The number of carbonyl (C=O) groups is 1. The molecule has 1 saturated heterocycles. The van der Waals surface area contributed by atoms with Crippen molar-refractivity contribution >= 4 is 22.8 Å². The molecule has 0 spiro atoms. The minimum absolute atomic E-state index is 0.133. The summed E-state index contributed by atoms with van der Waals surface area (Å²) >= 11 is 0. The number of likely N-dealkylation sites (N-methyl/N-ethyl adjacent to an activating group) is 1. The molecular formula is C39H46N8O3. The fourth-order valence-corrected chi connectivity index (χ4v) is 7.55. The van der Waals surface area contributed by atoms with E-state index in [0.29, 0.717) is 23.4 Å². The summed E-state index contributed by atoms with van der Waals surface area (Å²) in [6, 6.07) is 24.2. The lowest BCUT2D eigenvalue weighted by Gasteiger charge is -2.41. The average Bonchev–Trinajstić information content (AvgIpc) is 3.55. The number of hydrogen-bond acceptors (Lipinski definition) is 9. The first-order valence-electron chi connectivity index (χ1n) is 17.5. The molecule has 2 aromatic heterocycles. The normalized spacial score (nSPS) is 19.3. The zero-order chi connectivity index (χ0) is 34.6. The van der Waals surface area contributed by atoms with Crippen molar-refractivity contribution in [1.82, 2.24) is 34.9 Å². The van der Waals surface area contributed by atoms with E-state index < -0.39 is 0 Å². The van der Waals surface area contributed by atoms with Crippen LogP contribution in [-0.2, 0) is 11.2 Å². The molecule has 3 aromatic carbocycles. The third-order valence-corrected chi connectivity index (χ3v) is 10.4. The molecule has 11 heteroatoms. The fraction of sp³-hybridized carbons (Fsp3) is 0.385. The molecule has 260 valence electrons. The minimum Gasteiger partial charge on any atom is -0.497 e. The van der Waals surface area contributed by atoms with Gasteiger partial charge in [-0.2, -0.15) is 5.10 Å². The zero-order valence-electron chi connectivity index (χ0n) is 29.1. The van der Waals surface area contributed by atoms with Crippen LogP contribution in [0.3, 0.4) is 0 Å². The molecule has 5 aromatic rings. The molecule has 0 radical (unpaired) electrons. The lowest BCUT2D eigenvalue weighted by atomic mass is 9.90. The van der Waals surface area contributed by atoms with E-state index in [2.05, 4.69) is 36.8 Å². The van der Waals surface area contributed by atoms with E-state index in [1.807, 2.05) is 72.8 Å². The van der Waals surface area contributed by atoms with Crippen molar-refractivity contribution in [3.8, 4) is 22.8 Å². The second kappa shape index (κ2) is 14.9. The van der Waals surface area contributed by atoms with E-state index in [0.717, 1.165) is 90.8 Å². The fourth-order valence-electron chi connectivity index (χ4n) is 7.55. The van der Waals surface area contributed by atoms with Crippen molar-refractivity contribution in [3.63, 3.8) is 0 Å². The summed E-state index contributed by atoms with van der Waals surface area (Å²) in [4.78, 5) is 27.6. The van der Waals surface area contributed by atoms with Gasteiger partial charge < -0.3 is 25.4 Å². The Morgan fingerprint density at radius 1 is 0.880 bits per heavy atom. The molecular weight excluding hydrogens is 628 g/mol. The van der Waals surface area contributed by atoms with Gasteiger partial charge in [0.05, 0.1) is 38.1 Å². The summed E-state index contributed by atoms with van der Waals surface area (Å²) in [5.74, 6) is 1.60. The maximum Gasteiger partial charge on any atom is 0.225 e. The third kappa shape index (κ3) is 7.01. The van der Waals surface area contributed by atoms with Crippen LogP contribution in [0.1, 0.15) is 54.5 Å². The van der Waals surface area contributed by atoms with Gasteiger partial charge in [0.15, 0.2) is 5.65 Å². The molecule has 1 aliphatic carbocycles. The van der Waals surface area contributed by atoms with E-state index in [-0.39, 0.29) is 24.4 Å². The number of nitrogens with two attached hydrogens (primary N) is 1. The minimum atomic E-state index is -0.368. The topological polar surface area (TPSA) is 124 Å². The second-order valence-electron chi connectivity index (χ2n) is 13.4. The van der Waals surface area contributed by atoms with Gasteiger partial charge in [0.25, 0.3) is 0 Å². The Hall–Kier alpha value is -5.00. The Balaban J connectivity index is 1.13. The maximum atomic E-state index is 13.5. The lowest BCUT2D eigenvalue weighted by molar-refractivity contribution is -0.121. The summed E-state index contributed by atoms with van der Waals surface area (Å²) in [6.45, 7) is 4.57. The van der Waals surface area contributed by atoms with Crippen LogP contribution in [-0.4, -0.2) is 88.9 Å². The van der Waals surface area contributed by atoms with Crippen LogP contribution < -0.4 is 20.5 Å². The molecule has 0 bridgehead atoms. The highest BCUT2D eigenvalue weighted by molar-refractivity contribution is 5.98. The van der Waals surface area contributed by atoms with Crippen LogP contribution >= 0.6 is 0 Å². The highest BCUT2D eigenvalue weighted by atomic mass is 16.5. The number of amides is 1. The third-order valence-electron chi connectivity index (χ3n) is 10.4. The number of nitrogen functional groups attached to an aromatic ring is 1. The first kappa shape index (κ1) is 33.5. The van der Waals surface area contributed by atoms with Gasteiger partial charge in [-0.1, -0.05) is 54.6 Å². The molecule has 11 nitrogen and oxygen atoms in total. The number of nitrogens with zero attached hydrogens (tertiary/aromatic N) is 6. The van der Waals surface area contributed by atoms with Crippen LogP contribution in [0, 0.1) is 0 Å². The molecule has 2 aliphatic rings. The summed E-state index contributed by atoms with van der Waals surface area (Å²) in [5, 5.41) is 9.21. The van der Waals surface area contributed by atoms with Gasteiger partial charge in [0.1, 0.15) is 29.3 Å². The quantitative estimate of drug-likeness (QED) is 0.204. The first-order valence-corrected chi connectivity index (χ1v) is 17.5. The van der Waals surface area contributed by atoms with E-state index in [4.69, 9.17) is 20.3 Å². The molecule has 2 fully saturated rings. The van der Waals surface area contributed by atoms with Gasteiger partial charge in [-0.3, -0.25) is 9.69 Å². The van der Waals surface area contributed by atoms with E-state index in [9.17, 15) is 4.79 Å². The predicted octanol–water partition coefficient (Wildman–Crippen LogP) is 5.27. The zero-order valence-corrected chi connectivity index (χ0v) is 29.1. The van der Waals surface area contributed by atoms with E-state index >= 15 is 0 Å². The van der Waals surface area contributed by atoms with Crippen LogP contribution in [0.4, 0.5) is 5.82 Å². The monoisotopic (exact) mass is 674 g/mol. The Bertz CT molecular complexity index is 1910. The van der Waals surface area contributed by atoms with Crippen LogP contribution in [0.25, 0.3) is 22.3 Å². The number of aromatic nitrogens is 4. The van der Waals surface area contributed by atoms with E-state index in [1.54, 1.807) is 14.2 Å². The van der Waals surface area contributed by atoms with Crippen LogP contribution in [0.15, 0.2) is 79.1 Å². The highest BCUT2D eigenvalue weighted by Crippen LogP contribution is 2.37. The predicted molar refractivity (Wildman–Crippen MR) is 195 cm³/mol. The number of fused-ring (bicyclic) bond motifs is 1. The number of anilines is 1. The number of hydrogen-bond donors (Lipinski definition) is 2. The lowest BCUT2D eigenvalue weighted by Crippen LogP contribution is -2.49. The first-order chi connectivity index (χ1) is 24.4.